The average molecular weight is 491 g/mol. The van der Waals surface area contributed by atoms with E-state index in [2.05, 4.69) is 0 Å². The zero-order chi connectivity index (χ0) is 24.5. The van der Waals surface area contributed by atoms with Gasteiger partial charge in [0.05, 0.1) is 31.8 Å². The van der Waals surface area contributed by atoms with E-state index in [0.29, 0.717) is 38.4 Å². The van der Waals surface area contributed by atoms with Gasteiger partial charge >= 0.3 is 5.97 Å². The molecular weight excluding hydrogens is 452 g/mol. The van der Waals surface area contributed by atoms with E-state index in [0.717, 1.165) is 44.3 Å². The van der Waals surface area contributed by atoms with Crippen LogP contribution in [-0.2, 0) is 23.7 Å². The molecule has 0 radical (unpaired) electrons. The first-order chi connectivity index (χ1) is 17.1. The van der Waals surface area contributed by atoms with Crippen LogP contribution in [0.4, 0.5) is 0 Å². The van der Waals surface area contributed by atoms with Gasteiger partial charge in [0.15, 0.2) is 12.6 Å². The van der Waals surface area contributed by atoms with Gasteiger partial charge in [-0.25, -0.2) is 0 Å². The smallest absolute Gasteiger partial charge is 0.303 e. The van der Waals surface area contributed by atoms with Gasteiger partial charge in [-0.15, -0.1) is 0 Å². The Bertz CT molecular complexity index is 801. The van der Waals surface area contributed by atoms with Gasteiger partial charge in [-0.05, 0) is 50.3 Å². The predicted octanol–water partition coefficient (Wildman–Crippen LogP) is 4.27. The van der Waals surface area contributed by atoms with Crippen molar-refractivity contribution < 1.29 is 38.7 Å². The van der Waals surface area contributed by atoms with Crippen molar-refractivity contribution in [1.82, 2.24) is 0 Å². The third kappa shape index (κ3) is 7.67. The molecule has 2 saturated heterocycles. The maximum absolute atomic E-state index is 11.7. The van der Waals surface area contributed by atoms with Crippen LogP contribution in [0.1, 0.15) is 57.8 Å². The molecule has 2 unspecified atom stereocenters. The number of carboxylic acids is 1. The van der Waals surface area contributed by atoms with E-state index in [1.54, 1.807) is 0 Å². The van der Waals surface area contributed by atoms with Crippen LogP contribution < -0.4 is 4.74 Å². The van der Waals surface area contributed by atoms with Gasteiger partial charge in [0.2, 0.25) is 0 Å². The van der Waals surface area contributed by atoms with Crippen LogP contribution in [0.2, 0.25) is 0 Å². The number of aliphatic hydroxyl groups is 1. The number of hydrogen-bond donors (Lipinski definition) is 2. The molecule has 1 aromatic rings. The lowest BCUT2D eigenvalue weighted by Gasteiger charge is -2.33. The average Bonchev–Trinajstić information content (AvgIpc) is 3.16. The quantitative estimate of drug-likeness (QED) is 0.350. The van der Waals surface area contributed by atoms with Gasteiger partial charge < -0.3 is 33.9 Å². The molecule has 1 aromatic carbocycles. The van der Waals surface area contributed by atoms with Crippen LogP contribution in [0.25, 0.3) is 0 Å². The molecule has 3 aliphatic rings. The number of carbonyl (C=O) groups is 1. The summed E-state index contributed by atoms with van der Waals surface area (Å²) in [6.07, 6.45) is 6.36. The largest absolute Gasteiger partial charge is 0.493 e. The van der Waals surface area contributed by atoms with E-state index in [-0.39, 0.29) is 19.0 Å². The highest BCUT2D eigenvalue weighted by Gasteiger charge is 2.48. The number of ether oxygens (including phenoxy) is 5. The van der Waals surface area contributed by atoms with E-state index >= 15 is 0 Å². The molecule has 2 N–H and O–H groups in total. The van der Waals surface area contributed by atoms with Crippen LogP contribution in [0, 0.1) is 11.8 Å². The molecule has 1 aliphatic carbocycles. The summed E-state index contributed by atoms with van der Waals surface area (Å²) in [4.78, 5) is 11.7. The van der Waals surface area contributed by atoms with Crippen molar-refractivity contribution in [1.29, 1.82) is 0 Å². The van der Waals surface area contributed by atoms with Crippen molar-refractivity contribution in [2.45, 2.75) is 82.6 Å². The van der Waals surface area contributed by atoms with Crippen molar-refractivity contribution in [2.24, 2.45) is 11.8 Å². The number of aliphatic carboxylic acids is 1. The zero-order valence-corrected chi connectivity index (χ0v) is 20.3. The summed E-state index contributed by atoms with van der Waals surface area (Å²) >= 11 is 0. The lowest BCUT2D eigenvalue weighted by Crippen LogP contribution is -2.35. The molecule has 35 heavy (non-hydrogen) atoms. The first-order valence-electron chi connectivity index (χ1n) is 12.9. The Kier molecular flexibility index (Phi) is 9.83. The minimum atomic E-state index is -0.950. The second-order valence-electron chi connectivity index (χ2n) is 9.53. The van der Waals surface area contributed by atoms with E-state index < -0.39 is 30.0 Å². The molecule has 8 heteroatoms. The van der Waals surface area contributed by atoms with E-state index in [1.165, 1.54) is 0 Å². The maximum Gasteiger partial charge on any atom is 0.303 e. The third-order valence-corrected chi connectivity index (χ3v) is 6.91. The van der Waals surface area contributed by atoms with E-state index in [1.807, 2.05) is 36.4 Å². The highest BCUT2D eigenvalue weighted by atomic mass is 16.7. The van der Waals surface area contributed by atoms with Crippen LogP contribution in [0.5, 0.6) is 5.75 Å². The monoisotopic (exact) mass is 490 g/mol. The Labute approximate surface area is 207 Å². The summed E-state index contributed by atoms with van der Waals surface area (Å²) in [5.41, 5.74) is 0. The standard InChI is InChI=1S/C27H38O8/c28-21-18-23(35-26-13-5-7-15-33-26)27(20(21)17-24(29)30)22(34-25-12-4-6-14-32-25)11-8-16-31-19-9-2-1-3-10-19/h1-3,9-11,20-21,23,25-28H,4-8,12-18H2,(H,29,30)/t20-,21-,23+,25?,26?,27-/m0/s1. The van der Waals surface area contributed by atoms with Gasteiger partial charge in [-0.3, -0.25) is 4.79 Å². The van der Waals surface area contributed by atoms with Gasteiger partial charge in [-0.2, -0.15) is 0 Å². The first-order valence-corrected chi connectivity index (χ1v) is 12.9. The zero-order valence-electron chi connectivity index (χ0n) is 20.3. The molecule has 194 valence electrons. The Morgan fingerprint density at radius 1 is 1.03 bits per heavy atom. The molecule has 0 spiro atoms. The van der Waals surface area contributed by atoms with Crippen LogP contribution in [0.15, 0.2) is 42.2 Å². The topological polar surface area (TPSA) is 104 Å². The molecule has 6 atom stereocenters. The summed E-state index contributed by atoms with van der Waals surface area (Å²) in [6.45, 7) is 1.73. The molecule has 4 rings (SSSR count). The fraction of sp³-hybridized carbons (Fsp3) is 0.667. The van der Waals surface area contributed by atoms with Crippen molar-refractivity contribution in [3.63, 3.8) is 0 Å². The predicted molar refractivity (Wildman–Crippen MR) is 128 cm³/mol. The third-order valence-electron chi connectivity index (χ3n) is 6.91. The van der Waals surface area contributed by atoms with E-state index in [4.69, 9.17) is 23.7 Å². The number of para-hydroxylation sites is 1. The molecule has 8 nitrogen and oxygen atoms in total. The minimum Gasteiger partial charge on any atom is -0.493 e. The van der Waals surface area contributed by atoms with Crippen LogP contribution >= 0.6 is 0 Å². The van der Waals surface area contributed by atoms with Crippen molar-refractivity contribution >= 4 is 5.97 Å². The Balaban J connectivity index is 1.52. The van der Waals surface area contributed by atoms with Crippen molar-refractivity contribution in [3.05, 3.63) is 42.2 Å². The second kappa shape index (κ2) is 13.3. The number of rotatable bonds is 11. The van der Waals surface area contributed by atoms with Crippen LogP contribution in [0.3, 0.4) is 0 Å². The Hall–Kier alpha value is -2.13. The van der Waals surface area contributed by atoms with Crippen LogP contribution in [-0.4, -0.2) is 60.8 Å². The molecular formula is C27H38O8. The molecule has 3 fully saturated rings. The Morgan fingerprint density at radius 3 is 2.40 bits per heavy atom. The molecule has 2 aliphatic heterocycles. The van der Waals surface area contributed by atoms with Crippen molar-refractivity contribution in [2.75, 3.05) is 19.8 Å². The lowest BCUT2D eigenvalue weighted by atomic mass is 9.88. The fourth-order valence-electron chi connectivity index (χ4n) is 5.20. The summed E-state index contributed by atoms with van der Waals surface area (Å²) in [6, 6.07) is 9.59. The van der Waals surface area contributed by atoms with Gasteiger partial charge in [-0.1, -0.05) is 18.2 Å². The molecule has 2 heterocycles. The fourth-order valence-corrected chi connectivity index (χ4v) is 5.20. The molecule has 0 aromatic heterocycles. The highest BCUT2D eigenvalue weighted by Crippen LogP contribution is 2.43. The highest BCUT2D eigenvalue weighted by molar-refractivity contribution is 5.67. The lowest BCUT2D eigenvalue weighted by molar-refractivity contribution is -0.201. The number of benzene rings is 1. The number of carboxylic acid groups (broad SMARTS) is 1. The maximum atomic E-state index is 11.7. The number of aliphatic hydroxyl groups excluding tert-OH is 1. The SMILES string of the molecule is O=C(O)C[C@@H]1[C@@H](C(=CCCOc2ccccc2)OC2CCCCO2)[C@H](OC2CCCCO2)C[C@@H]1O. The van der Waals surface area contributed by atoms with Gasteiger partial charge in [0, 0.05) is 37.7 Å². The summed E-state index contributed by atoms with van der Waals surface area (Å²) < 4.78 is 30.2. The minimum absolute atomic E-state index is 0.163. The first kappa shape index (κ1) is 25.9. The summed E-state index contributed by atoms with van der Waals surface area (Å²) in [5.74, 6) is -0.471. The Morgan fingerprint density at radius 2 is 1.74 bits per heavy atom. The van der Waals surface area contributed by atoms with Gasteiger partial charge in [0.25, 0.3) is 0 Å². The molecule has 0 bridgehead atoms. The van der Waals surface area contributed by atoms with Gasteiger partial charge in [0.1, 0.15) is 11.5 Å². The second-order valence-corrected chi connectivity index (χ2v) is 9.53. The van der Waals surface area contributed by atoms with Crippen molar-refractivity contribution in [3.8, 4) is 5.75 Å². The molecule has 1 saturated carbocycles. The summed E-state index contributed by atoms with van der Waals surface area (Å²) in [7, 11) is 0. The van der Waals surface area contributed by atoms with E-state index in [9.17, 15) is 15.0 Å². The number of hydrogen-bond acceptors (Lipinski definition) is 7. The molecule has 0 amide bonds. The normalized spacial score (nSPS) is 31.7. The summed E-state index contributed by atoms with van der Waals surface area (Å²) in [5, 5.41) is 20.4.